The number of carbonyl (C=O) groups is 2. The fraction of sp³-hybridized carbons (Fsp3) is 0.500. The third-order valence-corrected chi connectivity index (χ3v) is 6.19. The molecule has 0 spiro atoms. The van der Waals surface area contributed by atoms with E-state index >= 15 is 0 Å². The predicted molar refractivity (Wildman–Crippen MR) is 133 cm³/mol. The number of nitrogens with one attached hydrogen (secondary N) is 1. The van der Waals surface area contributed by atoms with Gasteiger partial charge in [-0.1, -0.05) is 13.8 Å². The summed E-state index contributed by atoms with van der Waals surface area (Å²) in [6, 6.07) is 8.21. The van der Waals surface area contributed by atoms with Gasteiger partial charge in [0, 0.05) is 25.3 Å². The SMILES string of the molecule is Cc1ccc([C@@H](C(=O)NCCC(C)C)N(C[C@H]2CCCO2)C(=O)Cn2nnc(-c3ccc(F)cc3)n2)o1. The Morgan fingerprint density at radius 1 is 1.22 bits per heavy atom. The number of aryl methyl sites for hydroxylation is 1. The Labute approximate surface area is 215 Å². The zero-order valence-electron chi connectivity index (χ0n) is 21.4. The van der Waals surface area contributed by atoms with Gasteiger partial charge >= 0.3 is 0 Å². The van der Waals surface area contributed by atoms with Crippen molar-refractivity contribution in [3.05, 3.63) is 53.7 Å². The molecule has 0 radical (unpaired) electrons. The Morgan fingerprint density at radius 2 is 2.00 bits per heavy atom. The van der Waals surface area contributed by atoms with Gasteiger partial charge in [-0.3, -0.25) is 9.59 Å². The van der Waals surface area contributed by atoms with Crippen LogP contribution in [-0.2, 0) is 20.9 Å². The lowest BCUT2D eigenvalue weighted by Gasteiger charge is -2.31. The molecule has 2 atom stereocenters. The summed E-state index contributed by atoms with van der Waals surface area (Å²) in [5, 5.41) is 15.2. The highest BCUT2D eigenvalue weighted by Crippen LogP contribution is 2.26. The monoisotopic (exact) mass is 512 g/mol. The highest BCUT2D eigenvalue weighted by molar-refractivity contribution is 5.88. The molecule has 1 saturated heterocycles. The second-order valence-corrected chi connectivity index (χ2v) is 9.66. The maximum Gasteiger partial charge on any atom is 0.250 e. The molecule has 0 aliphatic carbocycles. The average molecular weight is 513 g/mol. The summed E-state index contributed by atoms with van der Waals surface area (Å²) in [4.78, 5) is 29.8. The van der Waals surface area contributed by atoms with E-state index in [9.17, 15) is 14.0 Å². The number of carbonyl (C=O) groups excluding carboxylic acids is 2. The lowest BCUT2D eigenvalue weighted by Crippen LogP contribution is -2.48. The standard InChI is InChI=1S/C26H33FN6O4/c1-17(2)12-13-28-26(35)24(22-11-6-18(3)37-22)32(15-21-5-4-14-36-21)23(34)16-33-30-25(29-31-33)19-7-9-20(27)10-8-19/h6-11,17,21,24H,4-5,12-16H2,1-3H3,(H,28,35)/t21-,24+/m1/s1. The molecule has 4 rings (SSSR count). The van der Waals surface area contributed by atoms with E-state index in [-0.39, 0.29) is 42.6 Å². The number of benzene rings is 1. The maximum atomic E-state index is 13.7. The van der Waals surface area contributed by atoms with Gasteiger partial charge in [0.2, 0.25) is 11.7 Å². The van der Waals surface area contributed by atoms with E-state index in [1.807, 2.05) is 0 Å². The molecule has 37 heavy (non-hydrogen) atoms. The molecule has 1 aliphatic rings. The van der Waals surface area contributed by atoms with Crippen LogP contribution in [0, 0.1) is 18.7 Å². The van der Waals surface area contributed by atoms with Gasteiger partial charge in [0.1, 0.15) is 23.9 Å². The predicted octanol–water partition coefficient (Wildman–Crippen LogP) is 3.29. The molecule has 2 aromatic heterocycles. The van der Waals surface area contributed by atoms with Crippen molar-refractivity contribution in [3.63, 3.8) is 0 Å². The lowest BCUT2D eigenvalue weighted by molar-refractivity contribution is -0.144. The summed E-state index contributed by atoms with van der Waals surface area (Å²) in [5.41, 5.74) is 0.574. The van der Waals surface area contributed by atoms with E-state index in [4.69, 9.17) is 9.15 Å². The van der Waals surface area contributed by atoms with Crippen molar-refractivity contribution in [1.29, 1.82) is 0 Å². The summed E-state index contributed by atoms with van der Waals surface area (Å²) in [7, 11) is 0. The number of tetrazole rings is 1. The molecule has 2 amide bonds. The van der Waals surface area contributed by atoms with Crippen LogP contribution in [0.3, 0.4) is 0 Å². The molecule has 11 heteroatoms. The first-order valence-corrected chi connectivity index (χ1v) is 12.6. The Morgan fingerprint density at radius 3 is 2.65 bits per heavy atom. The number of furan rings is 1. The zero-order chi connectivity index (χ0) is 26.4. The molecule has 10 nitrogen and oxygen atoms in total. The molecule has 1 aromatic carbocycles. The molecule has 0 bridgehead atoms. The van der Waals surface area contributed by atoms with Crippen LogP contribution in [0.4, 0.5) is 4.39 Å². The second-order valence-electron chi connectivity index (χ2n) is 9.66. The molecule has 3 heterocycles. The molecule has 198 valence electrons. The van der Waals surface area contributed by atoms with Crippen LogP contribution in [0.15, 0.2) is 40.8 Å². The van der Waals surface area contributed by atoms with Gasteiger partial charge in [-0.2, -0.15) is 4.80 Å². The third kappa shape index (κ3) is 7.00. The number of hydrogen-bond acceptors (Lipinski definition) is 7. The van der Waals surface area contributed by atoms with Crippen LogP contribution in [0.25, 0.3) is 11.4 Å². The highest BCUT2D eigenvalue weighted by atomic mass is 19.1. The smallest absolute Gasteiger partial charge is 0.250 e. The number of nitrogens with zero attached hydrogens (tertiary/aromatic N) is 5. The molecule has 3 aromatic rings. The molecule has 1 aliphatic heterocycles. The van der Waals surface area contributed by atoms with Crippen molar-refractivity contribution >= 4 is 11.8 Å². The zero-order valence-corrected chi connectivity index (χ0v) is 21.4. The van der Waals surface area contributed by atoms with Gasteiger partial charge in [-0.15, -0.1) is 10.2 Å². The minimum Gasteiger partial charge on any atom is -0.464 e. The Balaban J connectivity index is 1.58. The largest absolute Gasteiger partial charge is 0.464 e. The minimum absolute atomic E-state index is 0.190. The number of amides is 2. The van der Waals surface area contributed by atoms with Gasteiger partial charge in [0.25, 0.3) is 5.91 Å². The Bertz CT molecular complexity index is 1190. The van der Waals surface area contributed by atoms with Crippen molar-refractivity contribution in [2.75, 3.05) is 19.7 Å². The van der Waals surface area contributed by atoms with E-state index in [1.54, 1.807) is 31.2 Å². The van der Waals surface area contributed by atoms with Crippen LogP contribution < -0.4 is 5.32 Å². The molecular weight excluding hydrogens is 479 g/mol. The number of hydrogen-bond donors (Lipinski definition) is 1. The van der Waals surface area contributed by atoms with Crippen molar-refractivity contribution in [2.45, 2.75) is 58.7 Å². The van der Waals surface area contributed by atoms with E-state index in [2.05, 4.69) is 34.6 Å². The topological polar surface area (TPSA) is 115 Å². The van der Waals surface area contributed by atoms with Crippen molar-refractivity contribution in [1.82, 2.24) is 30.4 Å². The van der Waals surface area contributed by atoms with E-state index in [0.29, 0.717) is 36.2 Å². The lowest BCUT2D eigenvalue weighted by atomic mass is 10.1. The summed E-state index contributed by atoms with van der Waals surface area (Å²) in [5.74, 6) is 0.635. The molecule has 0 unspecified atom stereocenters. The van der Waals surface area contributed by atoms with Gasteiger partial charge in [-0.25, -0.2) is 4.39 Å². The van der Waals surface area contributed by atoms with Crippen LogP contribution in [-0.4, -0.2) is 62.7 Å². The van der Waals surface area contributed by atoms with Crippen molar-refractivity contribution in [3.8, 4) is 11.4 Å². The van der Waals surface area contributed by atoms with Crippen LogP contribution in [0.2, 0.25) is 0 Å². The van der Waals surface area contributed by atoms with Crippen molar-refractivity contribution < 1.29 is 23.1 Å². The molecule has 1 fully saturated rings. The van der Waals surface area contributed by atoms with Crippen LogP contribution in [0.1, 0.15) is 50.7 Å². The van der Waals surface area contributed by atoms with E-state index in [0.717, 1.165) is 19.3 Å². The quantitative estimate of drug-likeness (QED) is 0.419. The molecular formula is C26H33FN6O4. The number of rotatable bonds is 11. The van der Waals surface area contributed by atoms with Crippen LogP contribution in [0.5, 0.6) is 0 Å². The van der Waals surface area contributed by atoms with Gasteiger partial charge in [-0.05, 0) is 73.7 Å². The third-order valence-electron chi connectivity index (χ3n) is 6.19. The summed E-state index contributed by atoms with van der Waals surface area (Å²) in [6.07, 6.45) is 2.30. The van der Waals surface area contributed by atoms with E-state index < -0.39 is 6.04 Å². The van der Waals surface area contributed by atoms with Gasteiger partial charge in [0.15, 0.2) is 6.04 Å². The summed E-state index contributed by atoms with van der Waals surface area (Å²) >= 11 is 0. The Kier molecular flexibility index (Phi) is 8.65. The molecule has 1 N–H and O–H groups in total. The normalized spacial score (nSPS) is 16.2. The number of halogens is 1. The highest BCUT2D eigenvalue weighted by Gasteiger charge is 2.36. The second kappa shape index (κ2) is 12.1. The maximum absolute atomic E-state index is 13.7. The first-order valence-electron chi connectivity index (χ1n) is 12.6. The number of aromatic nitrogens is 4. The minimum atomic E-state index is -0.974. The first kappa shape index (κ1) is 26.5. The van der Waals surface area contributed by atoms with Crippen LogP contribution >= 0.6 is 0 Å². The van der Waals surface area contributed by atoms with Crippen molar-refractivity contribution in [2.24, 2.45) is 5.92 Å². The molecule has 0 saturated carbocycles. The van der Waals surface area contributed by atoms with Gasteiger partial charge < -0.3 is 19.4 Å². The number of ether oxygens (including phenoxy) is 1. The Hall–Kier alpha value is -3.60. The first-order chi connectivity index (χ1) is 17.8. The summed E-state index contributed by atoms with van der Waals surface area (Å²) < 4.78 is 24.9. The van der Waals surface area contributed by atoms with E-state index in [1.165, 1.54) is 21.8 Å². The fourth-order valence-electron chi connectivity index (χ4n) is 4.20. The van der Waals surface area contributed by atoms with Gasteiger partial charge in [0.05, 0.1) is 6.10 Å². The fourth-order valence-corrected chi connectivity index (χ4v) is 4.20. The summed E-state index contributed by atoms with van der Waals surface area (Å²) in [6.45, 7) is 7.04. The average Bonchev–Trinajstić information content (AvgIpc) is 3.62.